The number of carbonyl (C=O) groups is 1. The monoisotopic (exact) mass is 357 g/mol. The van der Waals surface area contributed by atoms with E-state index in [2.05, 4.69) is 49.0 Å². The van der Waals surface area contributed by atoms with Crippen molar-refractivity contribution in [2.75, 3.05) is 6.54 Å². The number of fused-ring (bicyclic) bond motifs is 2. The van der Waals surface area contributed by atoms with Crippen molar-refractivity contribution in [1.29, 1.82) is 0 Å². The van der Waals surface area contributed by atoms with Crippen LogP contribution in [0.5, 0.6) is 0 Å². The molecule has 6 heteroatoms. The van der Waals surface area contributed by atoms with Crippen molar-refractivity contribution in [3.8, 4) is 11.5 Å². The number of aromatic amines is 2. The molecule has 4 rings (SSSR count). The van der Waals surface area contributed by atoms with Gasteiger partial charge in [0.25, 0.3) is 0 Å². The van der Waals surface area contributed by atoms with Crippen LogP contribution >= 0.6 is 0 Å². The van der Waals surface area contributed by atoms with Gasteiger partial charge in [0.15, 0.2) is 5.82 Å². The molecule has 1 atom stereocenters. The first-order valence-electron chi connectivity index (χ1n) is 9.53. The van der Waals surface area contributed by atoms with E-state index >= 15 is 0 Å². The van der Waals surface area contributed by atoms with Gasteiger partial charge in [0.1, 0.15) is 5.69 Å². The fourth-order valence-corrected chi connectivity index (χ4v) is 3.84. The van der Waals surface area contributed by atoms with E-state index in [0.29, 0.717) is 24.8 Å². The molecule has 0 aromatic carbocycles. The zero-order valence-corrected chi connectivity index (χ0v) is 16.0. The third-order valence-electron chi connectivity index (χ3n) is 5.56. The summed E-state index contributed by atoms with van der Waals surface area (Å²) in [6.07, 6.45) is 4.59. The highest BCUT2D eigenvalue weighted by atomic mass is 16.2. The number of H-pyrrole nitrogens is 2. The summed E-state index contributed by atoms with van der Waals surface area (Å²) in [4.78, 5) is 22.6. The van der Waals surface area contributed by atoms with Crippen LogP contribution in [0.3, 0.4) is 0 Å². The van der Waals surface area contributed by atoms with Crippen LogP contribution in [0.4, 0.5) is 0 Å². The number of nitrogens with zero attached hydrogens (tertiary/aromatic N) is 3. The Balaban J connectivity index is 0.00000140. The summed E-state index contributed by atoms with van der Waals surface area (Å²) >= 11 is 0. The summed E-state index contributed by atoms with van der Waals surface area (Å²) in [5.74, 6) is 2.00. The molecule has 2 N–H and O–H groups in total. The molecule has 0 saturated carbocycles. The molecular formula is C20H31N5O. The summed E-state index contributed by atoms with van der Waals surface area (Å²) < 4.78 is 0. The topological polar surface area (TPSA) is 77.7 Å². The van der Waals surface area contributed by atoms with Crippen LogP contribution in [0.1, 0.15) is 59.6 Å². The third-order valence-corrected chi connectivity index (χ3v) is 5.56. The van der Waals surface area contributed by atoms with Gasteiger partial charge in [-0.25, -0.2) is 4.98 Å². The van der Waals surface area contributed by atoms with Crippen LogP contribution in [0, 0.1) is 11.8 Å². The Morgan fingerprint density at radius 3 is 3.00 bits per heavy atom. The minimum Gasteiger partial charge on any atom is -0.340 e. The van der Waals surface area contributed by atoms with Crippen LogP contribution in [0.25, 0.3) is 17.6 Å². The molecule has 2 aromatic heterocycles. The average Bonchev–Trinajstić information content (AvgIpc) is 3.17. The minimum atomic E-state index is 0. The number of amides is 1. The molecule has 2 aromatic rings. The van der Waals surface area contributed by atoms with E-state index in [1.807, 2.05) is 4.90 Å². The SMILES string of the molecule is CC1=Cc2nc(-c3n[nH]c4c3CCN(C(=O)CC(C)C)C4)[nH]c2CC1C.[HH].[HH]. The van der Waals surface area contributed by atoms with Crippen LogP contribution in [-0.4, -0.2) is 37.5 Å². The Morgan fingerprint density at radius 2 is 2.23 bits per heavy atom. The lowest BCUT2D eigenvalue weighted by molar-refractivity contribution is -0.132. The maximum atomic E-state index is 12.4. The van der Waals surface area contributed by atoms with Crippen LogP contribution in [-0.2, 0) is 24.2 Å². The van der Waals surface area contributed by atoms with Crippen molar-refractivity contribution >= 4 is 12.0 Å². The second-order valence-corrected chi connectivity index (χ2v) is 8.14. The van der Waals surface area contributed by atoms with Crippen molar-refractivity contribution in [3.63, 3.8) is 0 Å². The van der Waals surface area contributed by atoms with E-state index in [4.69, 9.17) is 4.98 Å². The quantitative estimate of drug-likeness (QED) is 0.876. The first kappa shape index (κ1) is 17.1. The summed E-state index contributed by atoms with van der Waals surface area (Å²) in [5.41, 5.74) is 6.75. The number of imidazole rings is 1. The van der Waals surface area contributed by atoms with Gasteiger partial charge in [-0.3, -0.25) is 9.89 Å². The lowest BCUT2D eigenvalue weighted by atomic mass is 9.91. The minimum absolute atomic E-state index is 0. The predicted molar refractivity (Wildman–Crippen MR) is 105 cm³/mol. The molecule has 0 saturated heterocycles. The van der Waals surface area contributed by atoms with Gasteiger partial charge in [-0.2, -0.15) is 5.10 Å². The number of rotatable bonds is 3. The second kappa shape index (κ2) is 6.41. The molecule has 3 heterocycles. The molecule has 0 spiro atoms. The van der Waals surface area contributed by atoms with Gasteiger partial charge < -0.3 is 9.88 Å². The Hall–Kier alpha value is -2.37. The molecule has 1 unspecified atom stereocenters. The summed E-state index contributed by atoms with van der Waals surface area (Å²) in [6, 6.07) is 0. The first-order valence-corrected chi connectivity index (χ1v) is 9.53. The van der Waals surface area contributed by atoms with Crippen molar-refractivity contribution in [3.05, 3.63) is 28.2 Å². The van der Waals surface area contributed by atoms with Gasteiger partial charge >= 0.3 is 0 Å². The van der Waals surface area contributed by atoms with E-state index < -0.39 is 0 Å². The zero-order valence-electron chi connectivity index (χ0n) is 16.0. The smallest absolute Gasteiger partial charge is 0.223 e. The van der Waals surface area contributed by atoms with E-state index in [-0.39, 0.29) is 8.76 Å². The van der Waals surface area contributed by atoms with E-state index in [9.17, 15) is 4.79 Å². The summed E-state index contributed by atoms with van der Waals surface area (Å²) in [5, 5.41) is 7.67. The van der Waals surface area contributed by atoms with Gasteiger partial charge in [-0.1, -0.05) is 26.3 Å². The molecule has 1 aliphatic heterocycles. The van der Waals surface area contributed by atoms with Gasteiger partial charge in [0.2, 0.25) is 5.91 Å². The molecule has 0 radical (unpaired) electrons. The predicted octanol–water partition coefficient (Wildman–Crippen LogP) is 3.82. The normalized spacial score (nSPS) is 19.3. The van der Waals surface area contributed by atoms with Gasteiger partial charge in [0.05, 0.1) is 17.9 Å². The first-order chi connectivity index (χ1) is 12.4. The number of hydrogen-bond donors (Lipinski definition) is 2. The Kier molecular flexibility index (Phi) is 4.21. The van der Waals surface area contributed by atoms with Crippen LogP contribution in [0.2, 0.25) is 0 Å². The number of carbonyl (C=O) groups excluding carboxylic acids is 1. The zero-order chi connectivity index (χ0) is 18.4. The molecule has 6 nitrogen and oxygen atoms in total. The molecule has 26 heavy (non-hydrogen) atoms. The fraction of sp³-hybridized carbons (Fsp3) is 0.550. The molecule has 1 amide bonds. The van der Waals surface area contributed by atoms with Gasteiger partial charge in [-0.15, -0.1) is 0 Å². The standard InChI is InChI=1S/C20H27N5O.2H2/c1-11(2)7-18(26)25-6-5-14-17(10-25)23-24-19(14)20-21-15-8-12(3)13(4)9-16(15)22-20;;/h8,11,13H,5-7,9-10H2,1-4H3,(H,21,22)(H,23,24);2*1H. The number of nitrogens with one attached hydrogen (secondary N) is 2. The van der Waals surface area contributed by atoms with Crippen molar-refractivity contribution in [2.45, 2.75) is 53.5 Å². The lowest BCUT2D eigenvalue weighted by Gasteiger charge is -2.27. The Labute approximate surface area is 157 Å². The molecule has 0 fully saturated rings. The Bertz CT molecular complexity index is 883. The lowest BCUT2D eigenvalue weighted by Crippen LogP contribution is -2.36. The molecule has 1 aliphatic carbocycles. The molecule has 142 valence electrons. The molecule has 0 bridgehead atoms. The fourth-order valence-electron chi connectivity index (χ4n) is 3.84. The van der Waals surface area contributed by atoms with E-state index in [1.54, 1.807) is 0 Å². The molecular weight excluding hydrogens is 326 g/mol. The van der Waals surface area contributed by atoms with Gasteiger partial charge in [-0.05, 0) is 37.7 Å². The van der Waals surface area contributed by atoms with Crippen molar-refractivity contribution in [1.82, 2.24) is 25.1 Å². The highest BCUT2D eigenvalue weighted by Crippen LogP contribution is 2.31. The molecule has 2 aliphatic rings. The van der Waals surface area contributed by atoms with E-state index in [1.165, 1.54) is 16.8 Å². The maximum Gasteiger partial charge on any atom is 0.223 e. The third kappa shape index (κ3) is 2.97. The highest BCUT2D eigenvalue weighted by molar-refractivity contribution is 5.77. The maximum absolute atomic E-state index is 12.4. The summed E-state index contributed by atoms with van der Waals surface area (Å²) in [6.45, 7) is 9.94. The number of aromatic nitrogens is 4. The summed E-state index contributed by atoms with van der Waals surface area (Å²) in [7, 11) is 0. The highest BCUT2D eigenvalue weighted by Gasteiger charge is 2.27. The van der Waals surface area contributed by atoms with Crippen LogP contribution < -0.4 is 0 Å². The largest absolute Gasteiger partial charge is 0.340 e. The second-order valence-electron chi connectivity index (χ2n) is 8.14. The van der Waals surface area contributed by atoms with Gasteiger partial charge in [0, 0.05) is 27.1 Å². The van der Waals surface area contributed by atoms with Crippen molar-refractivity contribution < 1.29 is 7.65 Å². The number of allylic oxidation sites excluding steroid dienone is 1. The number of hydrogen-bond acceptors (Lipinski definition) is 3. The van der Waals surface area contributed by atoms with E-state index in [0.717, 1.165) is 42.3 Å². The van der Waals surface area contributed by atoms with Crippen LogP contribution in [0.15, 0.2) is 5.57 Å². The average molecular weight is 358 g/mol. The Morgan fingerprint density at radius 1 is 1.42 bits per heavy atom. The van der Waals surface area contributed by atoms with Crippen molar-refractivity contribution in [2.24, 2.45) is 11.8 Å².